The summed E-state index contributed by atoms with van der Waals surface area (Å²) in [5.41, 5.74) is 1.65. The molecule has 0 atom stereocenters. The van der Waals surface area contributed by atoms with E-state index in [9.17, 15) is 0 Å². The Balaban J connectivity index is 1.87. The van der Waals surface area contributed by atoms with Crippen molar-refractivity contribution >= 4 is 39.1 Å². The number of hydrogen-bond donors (Lipinski definition) is 1. The predicted octanol–water partition coefficient (Wildman–Crippen LogP) is 4.91. The van der Waals surface area contributed by atoms with E-state index in [-0.39, 0.29) is 0 Å². The molecule has 0 saturated heterocycles. The molecule has 0 saturated carbocycles. The molecular formula is C16H13BrCl2N4O2. The van der Waals surface area contributed by atoms with Crippen LogP contribution in [-0.2, 0) is 6.61 Å². The molecule has 3 aromatic rings. The van der Waals surface area contributed by atoms with Gasteiger partial charge in [-0.1, -0.05) is 29.3 Å². The standard InChI is InChI=1S/C16H13BrCl2N4O2/c1-2-24-14-7-10(16-20-22-23-21-16)6-11(17)15(14)25-8-9-3-4-12(18)13(19)5-9/h3-7H,2,8H2,1H3,(H,20,21,22,23). The Bertz CT molecular complexity index is 875. The zero-order valence-electron chi connectivity index (χ0n) is 13.1. The van der Waals surface area contributed by atoms with Gasteiger partial charge in [-0.25, -0.2) is 0 Å². The van der Waals surface area contributed by atoms with E-state index in [1.807, 2.05) is 25.1 Å². The fraction of sp³-hybridized carbons (Fsp3) is 0.188. The molecular weight excluding hydrogens is 431 g/mol. The number of H-pyrrole nitrogens is 1. The van der Waals surface area contributed by atoms with E-state index in [4.69, 9.17) is 32.7 Å². The minimum Gasteiger partial charge on any atom is -0.490 e. The molecule has 1 heterocycles. The monoisotopic (exact) mass is 442 g/mol. The van der Waals surface area contributed by atoms with Crippen molar-refractivity contribution in [3.63, 3.8) is 0 Å². The molecule has 6 nitrogen and oxygen atoms in total. The molecule has 3 rings (SSSR count). The van der Waals surface area contributed by atoms with Crippen molar-refractivity contribution in [2.45, 2.75) is 13.5 Å². The molecule has 0 aliphatic carbocycles. The first-order chi connectivity index (χ1) is 12.1. The van der Waals surface area contributed by atoms with Crippen molar-refractivity contribution in [2.24, 2.45) is 0 Å². The topological polar surface area (TPSA) is 72.9 Å². The van der Waals surface area contributed by atoms with Crippen LogP contribution < -0.4 is 9.47 Å². The molecule has 2 aromatic carbocycles. The third kappa shape index (κ3) is 4.23. The van der Waals surface area contributed by atoms with E-state index >= 15 is 0 Å². The summed E-state index contributed by atoms with van der Waals surface area (Å²) in [5.74, 6) is 1.63. The van der Waals surface area contributed by atoms with Crippen LogP contribution in [0.1, 0.15) is 12.5 Å². The van der Waals surface area contributed by atoms with Crippen LogP contribution in [0.5, 0.6) is 11.5 Å². The maximum Gasteiger partial charge on any atom is 0.204 e. The van der Waals surface area contributed by atoms with Gasteiger partial charge in [0.1, 0.15) is 6.61 Å². The lowest BCUT2D eigenvalue weighted by Crippen LogP contribution is -2.01. The zero-order valence-corrected chi connectivity index (χ0v) is 16.2. The SMILES string of the molecule is CCOc1cc(-c2nn[nH]n2)cc(Br)c1OCc1ccc(Cl)c(Cl)c1. The molecule has 1 aromatic heterocycles. The van der Waals surface area contributed by atoms with Gasteiger partial charge >= 0.3 is 0 Å². The van der Waals surface area contributed by atoms with Crippen molar-refractivity contribution < 1.29 is 9.47 Å². The maximum atomic E-state index is 6.04. The lowest BCUT2D eigenvalue weighted by Gasteiger charge is -2.15. The van der Waals surface area contributed by atoms with Gasteiger partial charge in [0.15, 0.2) is 11.5 Å². The summed E-state index contributed by atoms with van der Waals surface area (Å²) in [6.45, 7) is 2.71. The molecule has 1 N–H and O–H groups in total. The van der Waals surface area contributed by atoms with Crippen molar-refractivity contribution in [1.82, 2.24) is 20.6 Å². The smallest absolute Gasteiger partial charge is 0.204 e. The number of tetrazole rings is 1. The molecule has 25 heavy (non-hydrogen) atoms. The summed E-state index contributed by atoms with van der Waals surface area (Å²) < 4.78 is 12.4. The van der Waals surface area contributed by atoms with E-state index in [0.29, 0.717) is 40.6 Å². The number of aromatic nitrogens is 4. The first-order valence-electron chi connectivity index (χ1n) is 7.35. The summed E-state index contributed by atoms with van der Waals surface area (Å²) in [5, 5.41) is 14.9. The first-order valence-corrected chi connectivity index (χ1v) is 8.90. The summed E-state index contributed by atoms with van der Waals surface area (Å²) >= 11 is 15.5. The molecule has 9 heteroatoms. The fourth-order valence-electron chi connectivity index (χ4n) is 2.17. The Morgan fingerprint density at radius 3 is 2.64 bits per heavy atom. The normalized spacial score (nSPS) is 10.7. The number of nitrogens with one attached hydrogen (secondary N) is 1. The number of benzene rings is 2. The van der Waals surface area contributed by atoms with Crippen LogP contribution in [-0.4, -0.2) is 27.2 Å². The minimum atomic E-state index is 0.317. The summed E-state index contributed by atoms with van der Waals surface area (Å²) in [6.07, 6.45) is 0. The molecule has 0 fully saturated rings. The molecule has 0 aliphatic rings. The van der Waals surface area contributed by atoms with Gasteiger partial charge in [0.05, 0.1) is 21.1 Å². The van der Waals surface area contributed by atoms with Gasteiger partial charge in [0, 0.05) is 5.56 Å². The van der Waals surface area contributed by atoms with Crippen LogP contribution in [0.3, 0.4) is 0 Å². The number of ether oxygens (including phenoxy) is 2. The number of halogens is 3. The van der Waals surface area contributed by atoms with E-state index in [2.05, 4.69) is 36.6 Å². The Hall–Kier alpha value is -1.83. The summed E-state index contributed by atoms with van der Waals surface area (Å²) in [7, 11) is 0. The number of hydrogen-bond acceptors (Lipinski definition) is 5. The van der Waals surface area contributed by atoms with Crippen LogP contribution >= 0.6 is 39.1 Å². The predicted molar refractivity (Wildman–Crippen MR) is 99.3 cm³/mol. The van der Waals surface area contributed by atoms with E-state index < -0.39 is 0 Å². The van der Waals surface area contributed by atoms with Crippen molar-refractivity contribution in [3.05, 3.63) is 50.4 Å². The second-order valence-electron chi connectivity index (χ2n) is 4.99. The van der Waals surface area contributed by atoms with Crippen LogP contribution in [0.4, 0.5) is 0 Å². The third-order valence-corrected chi connectivity index (χ3v) is 4.61. The minimum absolute atomic E-state index is 0.317. The first kappa shape index (κ1) is 18.0. The van der Waals surface area contributed by atoms with Crippen LogP contribution in [0.15, 0.2) is 34.8 Å². The molecule has 0 radical (unpaired) electrons. The van der Waals surface area contributed by atoms with Gasteiger partial charge in [-0.3, -0.25) is 0 Å². The quantitative estimate of drug-likeness (QED) is 0.585. The highest BCUT2D eigenvalue weighted by Crippen LogP contribution is 2.39. The zero-order chi connectivity index (χ0) is 17.8. The Morgan fingerprint density at radius 1 is 1.12 bits per heavy atom. The summed E-state index contributed by atoms with van der Waals surface area (Å²) in [4.78, 5) is 0. The maximum absolute atomic E-state index is 6.04. The van der Waals surface area contributed by atoms with Crippen molar-refractivity contribution in [1.29, 1.82) is 0 Å². The second-order valence-corrected chi connectivity index (χ2v) is 6.66. The average molecular weight is 444 g/mol. The van der Waals surface area contributed by atoms with Gasteiger partial charge in [-0.05, 0) is 57.9 Å². The highest BCUT2D eigenvalue weighted by Gasteiger charge is 2.15. The average Bonchev–Trinajstić information content (AvgIpc) is 3.12. The second kappa shape index (κ2) is 8.03. The number of nitrogens with zero attached hydrogens (tertiary/aromatic N) is 3. The number of aromatic amines is 1. The fourth-order valence-corrected chi connectivity index (χ4v) is 3.05. The molecule has 0 aliphatic heterocycles. The highest BCUT2D eigenvalue weighted by atomic mass is 79.9. The van der Waals surface area contributed by atoms with Crippen molar-refractivity contribution in [2.75, 3.05) is 6.61 Å². The Labute approximate surface area is 162 Å². The van der Waals surface area contributed by atoms with Gasteiger partial charge < -0.3 is 9.47 Å². The van der Waals surface area contributed by atoms with E-state index in [1.54, 1.807) is 12.1 Å². The molecule has 0 bridgehead atoms. The van der Waals surface area contributed by atoms with Gasteiger partial charge in [0.25, 0.3) is 0 Å². The molecule has 130 valence electrons. The van der Waals surface area contributed by atoms with E-state index in [0.717, 1.165) is 15.6 Å². The van der Waals surface area contributed by atoms with E-state index in [1.165, 1.54) is 0 Å². The van der Waals surface area contributed by atoms with Crippen molar-refractivity contribution in [3.8, 4) is 22.9 Å². The lowest BCUT2D eigenvalue weighted by atomic mass is 10.2. The van der Waals surface area contributed by atoms with Gasteiger partial charge in [-0.15, -0.1) is 10.2 Å². The Kier molecular flexibility index (Phi) is 5.78. The molecule has 0 spiro atoms. The molecule has 0 amide bonds. The Morgan fingerprint density at radius 2 is 1.96 bits per heavy atom. The van der Waals surface area contributed by atoms with Gasteiger partial charge in [0.2, 0.25) is 5.82 Å². The largest absolute Gasteiger partial charge is 0.490 e. The third-order valence-electron chi connectivity index (χ3n) is 3.28. The molecule has 0 unspecified atom stereocenters. The lowest BCUT2D eigenvalue weighted by molar-refractivity contribution is 0.268. The number of rotatable bonds is 6. The highest BCUT2D eigenvalue weighted by molar-refractivity contribution is 9.10. The van der Waals surface area contributed by atoms with Crippen LogP contribution in [0, 0.1) is 0 Å². The van der Waals surface area contributed by atoms with Crippen LogP contribution in [0.25, 0.3) is 11.4 Å². The van der Waals surface area contributed by atoms with Gasteiger partial charge in [-0.2, -0.15) is 5.21 Å². The summed E-state index contributed by atoms with van der Waals surface area (Å²) in [6, 6.07) is 9.02. The van der Waals surface area contributed by atoms with Crippen LogP contribution in [0.2, 0.25) is 10.0 Å².